The van der Waals surface area contributed by atoms with Crippen molar-refractivity contribution >= 4 is 23.7 Å². The van der Waals surface area contributed by atoms with E-state index in [9.17, 15) is 9.59 Å². The van der Waals surface area contributed by atoms with Gasteiger partial charge in [0.25, 0.3) is 0 Å². The number of rotatable bonds is 8. The fourth-order valence-electron chi connectivity index (χ4n) is 2.03. The first-order valence-electron chi connectivity index (χ1n) is 8.07. The van der Waals surface area contributed by atoms with E-state index in [0.717, 1.165) is 11.3 Å². The van der Waals surface area contributed by atoms with Crippen LogP contribution in [0, 0.1) is 0 Å². The highest BCUT2D eigenvalue weighted by Gasteiger charge is 2.07. The molecule has 0 spiro atoms. The number of hydrogen-bond acceptors (Lipinski definition) is 4. The molecule has 0 heterocycles. The summed E-state index contributed by atoms with van der Waals surface area (Å²) in [5.41, 5.74) is 3.95. The monoisotopic (exact) mass is 339 g/mol. The van der Waals surface area contributed by atoms with Crippen molar-refractivity contribution in [1.82, 2.24) is 5.43 Å². The maximum atomic E-state index is 11.9. The molecule has 2 aromatic carbocycles. The van der Waals surface area contributed by atoms with Crippen LogP contribution in [0.1, 0.15) is 25.3 Å². The van der Waals surface area contributed by atoms with Crippen LogP contribution >= 0.6 is 0 Å². The van der Waals surface area contributed by atoms with Gasteiger partial charge in [0.2, 0.25) is 11.8 Å². The Morgan fingerprint density at radius 1 is 1.00 bits per heavy atom. The number of carbonyl (C=O) groups is 2. The summed E-state index contributed by atoms with van der Waals surface area (Å²) in [5.74, 6) is 0.205. The molecule has 0 aliphatic rings. The number of anilines is 1. The van der Waals surface area contributed by atoms with Crippen LogP contribution in [0.25, 0.3) is 0 Å². The van der Waals surface area contributed by atoms with Gasteiger partial charge in [0.05, 0.1) is 12.8 Å². The smallest absolute Gasteiger partial charge is 0.240 e. The highest BCUT2D eigenvalue weighted by Crippen LogP contribution is 2.15. The molecule has 2 aromatic rings. The van der Waals surface area contributed by atoms with Gasteiger partial charge in [-0.3, -0.25) is 9.59 Å². The second-order valence-electron chi connectivity index (χ2n) is 5.21. The van der Waals surface area contributed by atoms with Gasteiger partial charge in [-0.15, -0.1) is 0 Å². The van der Waals surface area contributed by atoms with Crippen molar-refractivity contribution in [2.24, 2.45) is 5.10 Å². The fraction of sp³-hybridized carbons (Fsp3) is 0.211. The Balaban J connectivity index is 1.70. The minimum atomic E-state index is -0.311. The Labute approximate surface area is 146 Å². The first-order chi connectivity index (χ1) is 12.2. The third-order valence-corrected chi connectivity index (χ3v) is 3.23. The molecule has 0 radical (unpaired) electrons. The van der Waals surface area contributed by atoms with E-state index in [1.165, 1.54) is 0 Å². The van der Waals surface area contributed by atoms with Crippen molar-refractivity contribution < 1.29 is 14.3 Å². The van der Waals surface area contributed by atoms with Crippen LogP contribution in [0.5, 0.6) is 5.75 Å². The van der Waals surface area contributed by atoms with Crippen molar-refractivity contribution in [3.63, 3.8) is 0 Å². The molecule has 0 aromatic heterocycles. The Hall–Kier alpha value is -3.15. The van der Waals surface area contributed by atoms with Crippen LogP contribution in [-0.4, -0.2) is 24.6 Å². The molecule has 0 unspecified atom stereocenters. The second kappa shape index (κ2) is 9.87. The van der Waals surface area contributed by atoms with Crippen LogP contribution in [-0.2, 0) is 9.59 Å². The van der Waals surface area contributed by atoms with E-state index >= 15 is 0 Å². The van der Waals surface area contributed by atoms with Crippen LogP contribution in [0.2, 0.25) is 0 Å². The summed E-state index contributed by atoms with van der Waals surface area (Å²) < 4.78 is 5.34. The van der Waals surface area contributed by atoms with E-state index in [-0.39, 0.29) is 24.7 Å². The van der Waals surface area contributed by atoms with Crippen molar-refractivity contribution in [3.05, 3.63) is 60.2 Å². The first-order valence-corrected chi connectivity index (χ1v) is 8.07. The lowest BCUT2D eigenvalue weighted by atomic mass is 10.2. The zero-order chi connectivity index (χ0) is 17.9. The summed E-state index contributed by atoms with van der Waals surface area (Å²) in [7, 11) is 0. The van der Waals surface area contributed by atoms with Gasteiger partial charge < -0.3 is 10.1 Å². The molecule has 25 heavy (non-hydrogen) atoms. The van der Waals surface area contributed by atoms with Gasteiger partial charge in [0.1, 0.15) is 5.75 Å². The second-order valence-corrected chi connectivity index (χ2v) is 5.21. The summed E-state index contributed by atoms with van der Waals surface area (Å²) >= 11 is 0. The first kappa shape index (κ1) is 18.2. The number of nitrogens with zero attached hydrogens (tertiary/aromatic N) is 1. The van der Waals surface area contributed by atoms with Gasteiger partial charge in [0.15, 0.2) is 0 Å². The van der Waals surface area contributed by atoms with Crippen molar-refractivity contribution in [2.45, 2.75) is 19.8 Å². The molecule has 0 fully saturated rings. The summed E-state index contributed by atoms with van der Waals surface area (Å²) in [6, 6.07) is 16.5. The van der Waals surface area contributed by atoms with Crippen LogP contribution in [0.15, 0.2) is 59.7 Å². The predicted octanol–water partition coefficient (Wildman–Crippen LogP) is 2.95. The topological polar surface area (TPSA) is 79.8 Å². The van der Waals surface area contributed by atoms with E-state index in [4.69, 9.17) is 4.74 Å². The minimum absolute atomic E-state index is 0.0645. The van der Waals surface area contributed by atoms with Gasteiger partial charge in [-0.25, -0.2) is 5.43 Å². The molecule has 0 aliphatic carbocycles. The zero-order valence-electron chi connectivity index (χ0n) is 14.1. The molecule has 2 rings (SSSR count). The lowest BCUT2D eigenvalue weighted by Crippen LogP contribution is -2.20. The number of benzene rings is 2. The lowest BCUT2D eigenvalue weighted by molar-refractivity contribution is -0.124. The normalized spacial score (nSPS) is 10.4. The van der Waals surface area contributed by atoms with Crippen LogP contribution < -0.4 is 15.5 Å². The van der Waals surface area contributed by atoms with Crippen molar-refractivity contribution in [2.75, 3.05) is 11.9 Å². The number of carbonyl (C=O) groups excluding carboxylic acids is 2. The quantitative estimate of drug-likeness (QED) is 0.573. The van der Waals surface area contributed by atoms with E-state index in [1.54, 1.807) is 30.5 Å². The molecule has 130 valence electrons. The van der Waals surface area contributed by atoms with Crippen molar-refractivity contribution in [3.8, 4) is 5.75 Å². The average Bonchev–Trinajstić information content (AvgIpc) is 2.63. The maximum absolute atomic E-state index is 11.9. The van der Waals surface area contributed by atoms with Gasteiger partial charge in [-0.05, 0) is 36.8 Å². The molecular formula is C19H21N3O3. The van der Waals surface area contributed by atoms with E-state index < -0.39 is 0 Å². The van der Waals surface area contributed by atoms with Gasteiger partial charge in [0, 0.05) is 18.5 Å². The summed E-state index contributed by atoms with van der Waals surface area (Å²) in [6.07, 6.45) is 1.70. The largest absolute Gasteiger partial charge is 0.494 e. The third kappa shape index (κ3) is 6.87. The molecule has 2 amide bonds. The van der Waals surface area contributed by atoms with E-state index in [0.29, 0.717) is 12.3 Å². The Bertz CT molecular complexity index is 712. The highest BCUT2D eigenvalue weighted by atomic mass is 16.5. The maximum Gasteiger partial charge on any atom is 0.240 e. The average molecular weight is 339 g/mol. The number of nitrogens with one attached hydrogen (secondary N) is 2. The van der Waals surface area contributed by atoms with Gasteiger partial charge in [-0.2, -0.15) is 5.10 Å². The summed E-state index contributed by atoms with van der Waals surface area (Å²) in [5, 5.41) is 6.60. The SMILES string of the molecule is CCOc1ccc(NC(=O)CCC(=O)NN=Cc2ccccc2)cc1. The molecule has 6 heteroatoms. The standard InChI is InChI=1S/C19H21N3O3/c1-2-25-17-10-8-16(9-11-17)21-18(23)12-13-19(24)22-20-14-15-6-4-3-5-7-15/h3-11,14H,2,12-13H2,1H3,(H,21,23)(H,22,24). The number of amides is 2. The molecule has 6 nitrogen and oxygen atoms in total. The van der Waals surface area contributed by atoms with E-state index in [1.807, 2.05) is 37.3 Å². The molecule has 2 N–H and O–H groups in total. The van der Waals surface area contributed by atoms with Crippen molar-refractivity contribution in [1.29, 1.82) is 0 Å². The van der Waals surface area contributed by atoms with E-state index in [2.05, 4.69) is 15.8 Å². The minimum Gasteiger partial charge on any atom is -0.494 e. The third-order valence-electron chi connectivity index (χ3n) is 3.23. The van der Waals surface area contributed by atoms with Gasteiger partial charge >= 0.3 is 0 Å². The predicted molar refractivity (Wildman–Crippen MR) is 97.7 cm³/mol. The zero-order valence-corrected chi connectivity index (χ0v) is 14.1. The molecular weight excluding hydrogens is 318 g/mol. The Morgan fingerprint density at radius 2 is 1.68 bits per heavy atom. The number of hydrogen-bond donors (Lipinski definition) is 2. The van der Waals surface area contributed by atoms with Gasteiger partial charge in [-0.1, -0.05) is 30.3 Å². The molecule has 0 atom stereocenters. The fourth-order valence-corrected chi connectivity index (χ4v) is 2.03. The summed E-state index contributed by atoms with van der Waals surface area (Å²) in [4.78, 5) is 23.5. The summed E-state index contributed by atoms with van der Waals surface area (Å²) in [6.45, 7) is 2.50. The number of hydrazone groups is 1. The molecule has 0 saturated carbocycles. The van der Waals surface area contributed by atoms with Crippen LogP contribution in [0.4, 0.5) is 5.69 Å². The molecule has 0 aliphatic heterocycles. The lowest BCUT2D eigenvalue weighted by Gasteiger charge is -2.07. The number of ether oxygens (including phenoxy) is 1. The molecule has 0 bridgehead atoms. The Kier molecular flexibility index (Phi) is 7.18. The highest BCUT2D eigenvalue weighted by molar-refractivity contribution is 5.93. The van der Waals surface area contributed by atoms with Crippen LogP contribution in [0.3, 0.4) is 0 Å². The molecule has 0 saturated heterocycles. The Morgan fingerprint density at radius 3 is 2.36 bits per heavy atom.